The van der Waals surface area contributed by atoms with E-state index in [9.17, 15) is 4.57 Å². The molecule has 3 aliphatic heterocycles. The molecule has 11 nitrogen and oxygen atoms in total. The second-order valence-corrected chi connectivity index (χ2v) is 14.9. The summed E-state index contributed by atoms with van der Waals surface area (Å²) in [6.07, 6.45) is 4.03. The third kappa shape index (κ3) is 5.53. The normalized spacial score (nSPS) is 20.7. The van der Waals surface area contributed by atoms with Crippen molar-refractivity contribution in [2.75, 3.05) is 75.4 Å². The maximum atomic E-state index is 13.0. The fourth-order valence-electron chi connectivity index (χ4n) is 6.51. The Morgan fingerprint density at radius 2 is 1.86 bits per heavy atom. The van der Waals surface area contributed by atoms with Gasteiger partial charge >= 0.3 is 0 Å². The van der Waals surface area contributed by atoms with Crippen LogP contribution in [0.3, 0.4) is 0 Å². The molecule has 5 heterocycles. The zero-order valence-corrected chi connectivity index (χ0v) is 25.7. The number of hydrogen-bond acceptors (Lipinski definition) is 10. The summed E-state index contributed by atoms with van der Waals surface area (Å²) in [5, 5.41) is 8.38. The monoisotopic (exact) mass is 603 g/mol. The molecule has 0 saturated carbocycles. The molecule has 3 N–H and O–H groups in total. The molecule has 0 bridgehead atoms. The Kier molecular flexibility index (Phi) is 7.41. The number of benzene rings is 2. The number of rotatable bonds is 7. The Hall–Kier alpha value is -3.79. The summed E-state index contributed by atoms with van der Waals surface area (Å²) in [4.78, 5) is 17.8. The molecule has 2 saturated heterocycles. The number of hydrogen-bond donors (Lipinski definition) is 3. The minimum Gasteiger partial charge on any atom is -0.494 e. The first-order valence-corrected chi connectivity index (χ1v) is 17.4. The Morgan fingerprint density at radius 1 is 1.02 bits per heavy atom. The molecule has 7 rings (SSSR count). The molecule has 0 aliphatic carbocycles. The van der Waals surface area contributed by atoms with E-state index in [1.807, 2.05) is 42.6 Å². The molecule has 2 atom stereocenters. The topological polar surface area (TPSA) is 117 Å². The smallest absolute Gasteiger partial charge is 0.231 e. The minimum atomic E-state index is -2.52. The van der Waals surface area contributed by atoms with Crippen molar-refractivity contribution in [3.05, 3.63) is 48.7 Å². The lowest BCUT2D eigenvalue weighted by atomic mass is 9.94. The van der Waals surface area contributed by atoms with Crippen molar-refractivity contribution in [2.24, 2.45) is 0 Å². The predicted molar refractivity (Wildman–Crippen MR) is 171 cm³/mol. The van der Waals surface area contributed by atoms with Crippen molar-refractivity contribution in [3.63, 3.8) is 0 Å². The molecule has 0 amide bonds. The number of fused-ring (bicyclic) bond motifs is 4. The largest absolute Gasteiger partial charge is 0.494 e. The maximum Gasteiger partial charge on any atom is 0.231 e. The number of para-hydroxylation sites is 1. The van der Waals surface area contributed by atoms with Crippen molar-refractivity contribution in [2.45, 2.75) is 24.9 Å². The third-order valence-electron chi connectivity index (χ3n) is 8.67. The molecule has 2 aromatic heterocycles. The van der Waals surface area contributed by atoms with Crippen LogP contribution >= 0.6 is 7.14 Å². The molecule has 2 aromatic carbocycles. The average Bonchev–Trinajstić information content (AvgIpc) is 3.50. The quantitative estimate of drug-likeness (QED) is 0.255. The van der Waals surface area contributed by atoms with Gasteiger partial charge in [-0.05, 0) is 44.4 Å². The van der Waals surface area contributed by atoms with E-state index < -0.39 is 7.14 Å². The van der Waals surface area contributed by atoms with Gasteiger partial charge in [-0.25, -0.2) is 0 Å². The van der Waals surface area contributed by atoms with E-state index >= 15 is 0 Å². The second kappa shape index (κ2) is 11.4. The van der Waals surface area contributed by atoms with E-state index in [1.165, 1.54) is 0 Å². The Bertz CT molecular complexity index is 1680. The lowest BCUT2D eigenvalue weighted by Gasteiger charge is -2.47. The summed E-state index contributed by atoms with van der Waals surface area (Å²) >= 11 is 0. The van der Waals surface area contributed by atoms with Gasteiger partial charge in [0, 0.05) is 49.3 Å². The number of methoxy groups -OCH3 is 1. The molecule has 226 valence electrons. The highest BCUT2D eigenvalue weighted by atomic mass is 31.2. The number of piperidine rings is 1. The van der Waals surface area contributed by atoms with Crippen LogP contribution in [0.5, 0.6) is 11.5 Å². The molecular weight excluding hydrogens is 565 g/mol. The van der Waals surface area contributed by atoms with Crippen LogP contribution in [0.1, 0.15) is 12.8 Å². The first-order valence-electron chi connectivity index (χ1n) is 14.8. The van der Waals surface area contributed by atoms with Crippen molar-refractivity contribution in [3.8, 4) is 11.5 Å². The molecule has 0 radical (unpaired) electrons. The van der Waals surface area contributed by atoms with Crippen molar-refractivity contribution < 1.29 is 18.8 Å². The molecule has 3 aliphatic rings. The summed E-state index contributed by atoms with van der Waals surface area (Å²) < 4.78 is 30.8. The standard InChI is InChI=1S/C31H38N7O4P/c1-40-26-18-25-27(42-19-21-16-20(9-11-38(21)25)37-12-14-41-15-13-37)17-24(26)34-31-35-29-22(8-10-32-29)30(36-31)33-23-6-4-5-7-28(23)43(2,3)39/h4-8,10,17-18,20-21H,9,11-16,19H2,1-3H3,(H3,32,33,34,35,36)/t20-,21-/m0/s1. The van der Waals surface area contributed by atoms with Gasteiger partial charge in [0.15, 0.2) is 0 Å². The zero-order valence-electron chi connectivity index (χ0n) is 24.8. The molecule has 2 fully saturated rings. The van der Waals surface area contributed by atoms with Gasteiger partial charge in [-0.2, -0.15) is 9.97 Å². The average molecular weight is 604 g/mol. The van der Waals surface area contributed by atoms with Crippen LogP contribution in [0.25, 0.3) is 11.0 Å². The number of nitrogens with one attached hydrogen (secondary N) is 3. The van der Waals surface area contributed by atoms with Crippen molar-refractivity contribution in [1.29, 1.82) is 0 Å². The van der Waals surface area contributed by atoms with E-state index in [4.69, 9.17) is 24.2 Å². The Morgan fingerprint density at radius 3 is 2.67 bits per heavy atom. The van der Waals surface area contributed by atoms with Crippen LogP contribution < -0.4 is 30.3 Å². The zero-order chi connectivity index (χ0) is 29.6. The van der Waals surface area contributed by atoms with Gasteiger partial charge in [0.1, 0.15) is 36.7 Å². The van der Waals surface area contributed by atoms with Crippen LogP contribution in [0, 0.1) is 0 Å². The highest BCUT2D eigenvalue weighted by Crippen LogP contribution is 2.45. The van der Waals surface area contributed by atoms with Crippen LogP contribution in [0.2, 0.25) is 0 Å². The van der Waals surface area contributed by atoms with E-state index in [0.29, 0.717) is 47.5 Å². The van der Waals surface area contributed by atoms with Crippen LogP contribution in [0.15, 0.2) is 48.7 Å². The maximum absolute atomic E-state index is 13.0. The Labute approximate surface area is 251 Å². The van der Waals surface area contributed by atoms with Crippen LogP contribution in [-0.2, 0) is 9.30 Å². The van der Waals surface area contributed by atoms with Crippen LogP contribution in [-0.4, -0.2) is 91.8 Å². The first kappa shape index (κ1) is 28.0. The fraction of sp³-hybridized carbons (Fsp3) is 0.419. The van der Waals surface area contributed by atoms with Crippen LogP contribution in [0.4, 0.5) is 28.8 Å². The van der Waals surface area contributed by atoms with Crippen molar-refractivity contribution >= 4 is 52.3 Å². The van der Waals surface area contributed by atoms with E-state index in [2.05, 4.69) is 31.5 Å². The summed E-state index contributed by atoms with van der Waals surface area (Å²) in [6.45, 7) is 8.83. The highest BCUT2D eigenvalue weighted by Gasteiger charge is 2.37. The predicted octanol–water partition coefficient (Wildman–Crippen LogP) is 4.76. The number of H-pyrrole nitrogens is 1. The summed E-state index contributed by atoms with van der Waals surface area (Å²) in [5.74, 6) is 2.50. The molecule has 12 heteroatoms. The number of aromatic nitrogens is 3. The first-order chi connectivity index (χ1) is 20.9. The third-order valence-corrected chi connectivity index (χ3v) is 10.2. The summed E-state index contributed by atoms with van der Waals surface area (Å²) in [5.41, 5.74) is 3.21. The molecule has 43 heavy (non-hydrogen) atoms. The van der Waals surface area contributed by atoms with E-state index in [0.717, 1.165) is 73.5 Å². The van der Waals surface area contributed by atoms with E-state index in [-0.39, 0.29) is 0 Å². The van der Waals surface area contributed by atoms with Gasteiger partial charge < -0.3 is 39.3 Å². The molecule has 4 aromatic rings. The van der Waals surface area contributed by atoms with Gasteiger partial charge in [0.05, 0.1) is 48.8 Å². The molecular formula is C31H38N7O4P. The number of morpholine rings is 1. The van der Waals surface area contributed by atoms with Gasteiger partial charge in [-0.3, -0.25) is 4.90 Å². The molecule has 0 unspecified atom stereocenters. The number of aromatic amines is 1. The Balaban J connectivity index is 1.16. The number of nitrogens with zero attached hydrogens (tertiary/aromatic N) is 4. The minimum absolute atomic E-state index is 0.328. The lowest BCUT2D eigenvalue weighted by Crippen LogP contribution is -2.55. The second-order valence-electron chi connectivity index (χ2n) is 11.8. The molecule has 0 spiro atoms. The van der Waals surface area contributed by atoms with Gasteiger partial charge in [-0.1, -0.05) is 12.1 Å². The van der Waals surface area contributed by atoms with Gasteiger partial charge in [0.2, 0.25) is 5.95 Å². The SMILES string of the molecule is COc1cc2c(cc1Nc1nc(Nc3ccccc3P(C)(C)=O)c3cc[nH]c3n1)OC[C@@H]1C[C@@H](N3CCOCC3)CCN21. The van der Waals surface area contributed by atoms with Gasteiger partial charge in [-0.15, -0.1) is 0 Å². The van der Waals surface area contributed by atoms with Gasteiger partial charge in [0.25, 0.3) is 0 Å². The van der Waals surface area contributed by atoms with E-state index in [1.54, 1.807) is 20.4 Å². The number of ether oxygens (including phenoxy) is 3. The fourth-order valence-corrected chi connectivity index (χ4v) is 7.67. The van der Waals surface area contributed by atoms with Crippen molar-refractivity contribution in [1.82, 2.24) is 19.9 Å². The number of anilines is 5. The highest BCUT2D eigenvalue weighted by molar-refractivity contribution is 7.70. The summed E-state index contributed by atoms with van der Waals surface area (Å²) in [7, 11) is -0.848. The summed E-state index contributed by atoms with van der Waals surface area (Å²) in [6, 6.07) is 14.5. The lowest BCUT2D eigenvalue weighted by molar-refractivity contribution is 0.00628.